The van der Waals surface area contributed by atoms with Crippen molar-refractivity contribution >= 4 is 18.3 Å². The number of carbonyl (C=O) groups excluding carboxylic acids is 1. The van der Waals surface area contributed by atoms with Gasteiger partial charge in [-0.25, -0.2) is 0 Å². The van der Waals surface area contributed by atoms with Gasteiger partial charge in [0.05, 0.1) is 12.5 Å². The summed E-state index contributed by atoms with van der Waals surface area (Å²) in [5, 5.41) is 3.17. The molecular weight excluding hydrogens is 240 g/mol. The summed E-state index contributed by atoms with van der Waals surface area (Å²) in [5.41, 5.74) is 5.50. The molecule has 4 nitrogen and oxygen atoms in total. The van der Waals surface area contributed by atoms with E-state index in [2.05, 4.69) is 5.32 Å². The Hall–Kier alpha value is -0.320. The average Bonchev–Trinajstić information content (AvgIpc) is 3.16. The van der Waals surface area contributed by atoms with E-state index in [1.165, 1.54) is 25.7 Å². The van der Waals surface area contributed by atoms with E-state index in [0.29, 0.717) is 19.0 Å². The van der Waals surface area contributed by atoms with Crippen LogP contribution in [0.25, 0.3) is 0 Å². The fourth-order valence-corrected chi connectivity index (χ4v) is 2.25. The molecule has 0 aromatic heterocycles. The number of hydrogen-bond donors (Lipinski definition) is 2. The summed E-state index contributed by atoms with van der Waals surface area (Å²) < 4.78 is 5.12. The van der Waals surface area contributed by atoms with Gasteiger partial charge < -0.3 is 15.8 Å². The summed E-state index contributed by atoms with van der Waals surface area (Å²) in [6, 6.07) is 0.433. The average molecular weight is 263 g/mol. The fraction of sp³-hybridized carbons (Fsp3) is 0.917. The van der Waals surface area contributed by atoms with E-state index in [0.717, 1.165) is 11.8 Å². The van der Waals surface area contributed by atoms with Gasteiger partial charge in [-0.05, 0) is 37.5 Å². The maximum Gasteiger partial charge on any atom is 0.222 e. The van der Waals surface area contributed by atoms with Crippen molar-refractivity contribution < 1.29 is 9.53 Å². The second kappa shape index (κ2) is 6.57. The lowest BCUT2D eigenvalue weighted by atomic mass is 10.1. The number of halogens is 1. The van der Waals surface area contributed by atoms with E-state index in [4.69, 9.17) is 10.5 Å². The molecule has 2 aliphatic carbocycles. The van der Waals surface area contributed by atoms with Crippen LogP contribution in [-0.4, -0.2) is 31.7 Å². The van der Waals surface area contributed by atoms with Gasteiger partial charge in [0.15, 0.2) is 0 Å². The van der Waals surface area contributed by atoms with Gasteiger partial charge in [0.25, 0.3) is 0 Å². The first-order chi connectivity index (χ1) is 7.74. The van der Waals surface area contributed by atoms with Gasteiger partial charge in [0.1, 0.15) is 0 Å². The van der Waals surface area contributed by atoms with Crippen LogP contribution in [0.5, 0.6) is 0 Å². The summed E-state index contributed by atoms with van der Waals surface area (Å²) in [6.07, 6.45) is 5.39. The van der Waals surface area contributed by atoms with Crippen molar-refractivity contribution in [3.05, 3.63) is 0 Å². The van der Waals surface area contributed by atoms with Crippen molar-refractivity contribution in [3.8, 4) is 0 Å². The molecule has 0 aromatic rings. The Balaban J connectivity index is 0.00000144. The Morgan fingerprint density at radius 2 is 1.88 bits per heavy atom. The molecule has 1 unspecified atom stereocenters. The van der Waals surface area contributed by atoms with Gasteiger partial charge in [-0.15, -0.1) is 12.4 Å². The molecule has 1 atom stereocenters. The standard InChI is InChI=1S/C12H22N2O2.ClH/c1-16-10(7-13)6-11(15)14-12(8-2-3-8)9-4-5-9;/h8-10,12H,2-7,13H2,1H3,(H,14,15);1H. The predicted octanol–water partition coefficient (Wildman–Crippen LogP) is 1.08. The molecule has 0 bridgehead atoms. The van der Waals surface area contributed by atoms with Crippen LogP contribution in [0.2, 0.25) is 0 Å². The van der Waals surface area contributed by atoms with Gasteiger partial charge in [-0.3, -0.25) is 4.79 Å². The molecule has 0 spiro atoms. The number of nitrogens with one attached hydrogen (secondary N) is 1. The zero-order valence-corrected chi connectivity index (χ0v) is 11.2. The first-order valence-corrected chi connectivity index (χ1v) is 6.26. The number of carbonyl (C=O) groups is 1. The first-order valence-electron chi connectivity index (χ1n) is 6.26. The molecule has 2 fully saturated rings. The molecule has 2 aliphatic rings. The van der Waals surface area contributed by atoms with Gasteiger partial charge in [-0.2, -0.15) is 0 Å². The molecule has 100 valence electrons. The summed E-state index contributed by atoms with van der Waals surface area (Å²) in [4.78, 5) is 11.8. The minimum atomic E-state index is -0.140. The van der Waals surface area contributed by atoms with E-state index >= 15 is 0 Å². The summed E-state index contributed by atoms with van der Waals surface area (Å²) in [5.74, 6) is 1.59. The van der Waals surface area contributed by atoms with E-state index in [1.807, 2.05) is 0 Å². The Morgan fingerprint density at radius 1 is 1.35 bits per heavy atom. The molecule has 5 heteroatoms. The Kier molecular flexibility index (Phi) is 5.70. The van der Waals surface area contributed by atoms with Crippen LogP contribution in [0.3, 0.4) is 0 Å². The van der Waals surface area contributed by atoms with Crippen LogP contribution in [0.4, 0.5) is 0 Å². The number of nitrogens with two attached hydrogens (primary N) is 1. The number of hydrogen-bond acceptors (Lipinski definition) is 3. The van der Waals surface area contributed by atoms with Gasteiger partial charge >= 0.3 is 0 Å². The van der Waals surface area contributed by atoms with Crippen LogP contribution in [-0.2, 0) is 9.53 Å². The third kappa shape index (κ3) is 4.45. The smallest absolute Gasteiger partial charge is 0.222 e. The van der Waals surface area contributed by atoms with Crippen LogP contribution < -0.4 is 11.1 Å². The van der Waals surface area contributed by atoms with E-state index in [1.54, 1.807) is 7.11 Å². The number of amides is 1. The topological polar surface area (TPSA) is 64.3 Å². The molecule has 0 heterocycles. The Morgan fingerprint density at radius 3 is 2.24 bits per heavy atom. The minimum Gasteiger partial charge on any atom is -0.380 e. The summed E-state index contributed by atoms with van der Waals surface area (Å²) >= 11 is 0. The second-order valence-corrected chi connectivity index (χ2v) is 5.07. The third-order valence-corrected chi connectivity index (χ3v) is 3.60. The van der Waals surface area contributed by atoms with Crippen molar-refractivity contribution in [2.45, 2.75) is 44.2 Å². The summed E-state index contributed by atoms with van der Waals surface area (Å²) in [6.45, 7) is 0.404. The molecule has 0 aliphatic heterocycles. The molecule has 3 N–H and O–H groups in total. The maximum absolute atomic E-state index is 11.8. The largest absolute Gasteiger partial charge is 0.380 e. The number of methoxy groups -OCH3 is 1. The first kappa shape index (κ1) is 14.7. The molecule has 17 heavy (non-hydrogen) atoms. The maximum atomic E-state index is 11.8. The van der Waals surface area contributed by atoms with E-state index in [-0.39, 0.29) is 24.4 Å². The van der Waals surface area contributed by atoms with Crippen molar-refractivity contribution in [1.29, 1.82) is 0 Å². The predicted molar refractivity (Wildman–Crippen MR) is 69.1 cm³/mol. The minimum absolute atomic E-state index is 0. The lowest BCUT2D eigenvalue weighted by Gasteiger charge is -2.19. The lowest BCUT2D eigenvalue weighted by molar-refractivity contribution is -0.124. The highest BCUT2D eigenvalue weighted by Gasteiger charge is 2.42. The zero-order valence-electron chi connectivity index (χ0n) is 10.4. The molecule has 0 aromatic carbocycles. The van der Waals surface area contributed by atoms with Crippen LogP contribution >= 0.6 is 12.4 Å². The molecular formula is C12H23ClN2O2. The van der Waals surface area contributed by atoms with Crippen molar-refractivity contribution in [2.75, 3.05) is 13.7 Å². The van der Waals surface area contributed by atoms with Gasteiger partial charge in [-0.1, -0.05) is 0 Å². The number of rotatable bonds is 7. The second-order valence-electron chi connectivity index (χ2n) is 5.07. The lowest BCUT2D eigenvalue weighted by Crippen LogP contribution is -2.40. The molecule has 1 amide bonds. The highest BCUT2D eigenvalue weighted by molar-refractivity contribution is 5.85. The van der Waals surface area contributed by atoms with Gasteiger partial charge in [0, 0.05) is 19.7 Å². The van der Waals surface area contributed by atoms with Crippen LogP contribution in [0.1, 0.15) is 32.1 Å². The van der Waals surface area contributed by atoms with Crippen LogP contribution in [0, 0.1) is 11.8 Å². The summed E-state index contributed by atoms with van der Waals surface area (Å²) in [7, 11) is 1.60. The zero-order chi connectivity index (χ0) is 11.5. The van der Waals surface area contributed by atoms with Crippen LogP contribution in [0.15, 0.2) is 0 Å². The van der Waals surface area contributed by atoms with Crippen molar-refractivity contribution in [1.82, 2.24) is 5.32 Å². The monoisotopic (exact) mass is 262 g/mol. The highest BCUT2D eigenvalue weighted by Crippen LogP contribution is 2.44. The Labute approximate surface area is 109 Å². The van der Waals surface area contributed by atoms with Gasteiger partial charge in [0.2, 0.25) is 5.91 Å². The van der Waals surface area contributed by atoms with E-state index in [9.17, 15) is 4.79 Å². The third-order valence-electron chi connectivity index (χ3n) is 3.60. The quantitative estimate of drug-likeness (QED) is 0.722. The fourth-order valence-electron chi connectivity index (χ4n) is 2.25. The molecule has 0 saturated heterocycles. The van der Waals surface area contributed by atoms with Crippen molar-refractivity contribution in [3.63, 3.8) is 0 Å². The molecule has 2 saturated carbocycles. The molecule has 2 rings (SSSR count). The number of ether oxygens (including phenoxy) is 1. The SMILES string of the molecule is COC(CN)CC(=O)NC(C1CC1)C1CC1.Cl. The Bertz CT molecular complexity index is 239. The highest BCUT2D eigenvalue weighted by atomic mass is 35.5. The van der Waals surface area contributed by atoms with Crippen molar-refractivity contribution in [2.24, 2.45) is 17.6 Å². The molecule has 0 radical (unpaired) electrons. The van der Waals surface area contributed by atoms with E-state index < -0.39 is 0 Å². The normalized spacial score (nSPS) is 20.9.